The molecule has 2 aliphatic rings. The molecule has 2 saturated heterocycles. The van der Waals surface area contributed by atoms with E-state index in [9.17, 15) is 19.1 Å². The van der Waals surface area contributed by atoms with Gasteiger partial charge in [0.25, 0.3) is 0 Å². The predicted molar refractivity (Wildman–Crippen MR) is 124 cm³/mol. The maximum atomic E-state index is 14.0. The summed E-state index contributed by atoms with van der Waals surface area (Å²) < 4.78 is 47.3. The fourth-order valence-electron chi connectivity index (χ4n) is 4.50. The highest BCUT2D eigenvalue weighted by Gasteiger charge is 2.54. The van der Waals surface area contributed by atoms with Crippen LogP contribution in [0.1, 0.15) is 18.0 Å². The summed E-state index contributed by atoms with van der Waals surface area (Å²) in [6.07, 6.45) is 2.82. The summed E-state index contributed by atoms with van der Waals surface area (Å²) in [5, 5.41) is 27.6. The van der Waals surface area contributed by atoms with Crippen molar-refractivity contribution in [1.29, 1.82) is 5.26 Å². The lowest BCUT2D eigenvalue weighted by Crippen LogP contribution is -2.54. The second-order valence-corrected chi connectivity index (χ2v) is 10.3. The number of ether oxygens (including phenoxy) is 3. The number of rotatable bonds is 6. The van der Waals surface area contributed by atoms with Gasteiger partial charge in [-0.05, 0) is 18.2 Å². The van der Waals surface area contributed by atoms with E-state index in [1.165, 1.54) is 25.1 Å². The van der Waals surface area contributed by atoms with Gasteiger partial charge in [-0.1, -0.05) is 28.6 Å². The smallest absolute Gasteiger partial charge is 0.145 e. The second-order valence-electron chi connectivity index (χ2n) is 8.52. The molecule has 0 bridgehead atoms. The Morgan fingerprint density at radius 1 is 1.31 bits per heavy atom. The first kappa shape index (κ1) is 25.0. The van der Waals surface area contributed by atoms with Crippen LogP contribution >= 0.6 is 23.4 Å². The zero-order chi connectivity index (χ0) is 25.4. The standard InChI is InChI=1S/C23H20ClF2N5O4S/c1-33-11-23(36-14-2-12(6-27)7-28-8-14)5-18(21-22(35-23)19(32)10-34-21)31-9-17(29-30-31)13-3-15(25)20(24)16(26)4-13/h2-4,7-9,18-19,21-22,32H,5,10-11H2,1H3/t18?,19?,21-,22?,23?/m1/s1. The van der Waals surface area contributed by atoms with E-state index < -0.39 is 45.9 Å². The largest absolute Gasteiger partial charge is 0.388 e. The van der Waals surface area contributed by atoms with Crippen molar-refractivity contribution in [2.24, 2.45) is 0 Å². The quantitative estimate of drug-likeness (QED) is 0.474. The average molecular weight is 536 g/mol. The highest BCUT2D eigenvalue weighted by atomic mass is 35.5. The number of halogens is 3. The van der Waals surface area contributed by atoms with Crippen LogP contribution in [0.2, 0.25) is 5.02 Å². The molecule has 2 aromatic heterocycles. The number of hydrogen-bond donors (Lipinski definition) is 1. The first-order chi connectivity index (χ1) is 17.3. The molecule has 2 aliphatic heterocycles. The Bertz CT molecular complexity index is 1300. The lowest BCUT2D eigenvalue weighted by molar-refractivity contribution is -0.166. The van der Waals surface area contributed by atoms with Gasteiger partial charge < -0.3 is 19.3 Å². The van der Waals surface area contributed by atoms with E-state index in [0.717, 1.165) is 12.1 Å². The molecule has 5 atom stereocenters. The van der Waals surface area contributed by atoms with Gasteiger partial charge in [-0.3, -0.25) is 4.98 Å². The number of benzene rings is 1. The first-order valence-corrected chi connectivity index (χ1v) is 12.1. The van der Waals surface area contributed by atoms with Gasteiger partial charge in [0.05, 0.1) is 31.0 Å². The molecule has 188 valence electrons. The molecule has 3 aromatic rings. The molecule has 13 heteroatoms. The first-order valence-electron chi connectivity index (χ1n) is 10.9. The number of aromatic nitrogens is 4. The monoisotopic (exact) mass is 535 g/mol. The molecule has 36 heavy (non-hydrogen) atoms. The molecular weight excluding hydrogens is 516 g/mol. The molecule has 0 amide bonds. The van der Waals surface area contributed by atoms with Crippen LogP contribution in [0.4, 0.5) is 8.78 Å². The maximum absolute atomic E-state index is 14.0. The third kappa shape index (κ3) is 4.70. The Hall–Kier alpha value is -2.66. The van der Waals surface area contributed by atoms with Crippen LogP contribution in [0.3, 0.4) is 0 Å². The van der Waals surface area contributed by atoms with Crippen LogP contribution in [-0.4, -0.2) is 68.7 Å². The molecule has 0 radical (unpaired) electrons. The molecular formula is C23H20ClF2N5O4S. The summed E-state index contributed by atoms with van der Waals surface area (Å²) in [4.78, 5) is 3.81. The van der Waals surface area contributed by atoms with E-state index in [4.69, 9.17) is 25.8 Å². The number of nitrogens with zero attached hydrogens (tertiary/aromatic N) is 5. The van der Waals surface area contributed by atoms with E-state index in [2.05, 4.69) is 21.4 Å². The number of aliphatic hydroxyl groups is 1. The van der Waals surface area contributed by atoms with Gasteiger partial charge in [0.15, 0.2) is 0 Å². The van der Waals surface area contributed by atoms with Crippen molar-refractivity contribution in [3.63, 3.8) is 0 Å². The molecule has 0 saturated carbocycles. The Morgan fingerprint density at radius 3 is 2.81 bits per heavy atom. The van der Waals surface area contributed by atoms with Gasteiger partial charge in [-0.2, -0.15) is 5.26 Å². The van der Waals surface area contributed by atoms with E-state index in [1.54, 1.807) is 23.1 Å². The van der Waals surface area contributed by atoms with E-state index in [1.807, 2.05) is 0 Å². The van der Waals surface area contributed by atoms with Crippen molar-refractivity contribution < 1.29 is 28.1 Å². The fourth-order valence-corrected chi connectivity index (χ4v) is 5.93. The molecule has 0 spiro atoms. The summed E-state index contributed by atoms with van der Waals surface area (Å²) >= 11 is 6.92. The van der Waals surface area contributed by atoms with Gasteiger partial charge in [0.2, 0.25) is 0 Å². The van der Waals surface area contributed by atoms with E-state index >= 15 is 0 Å². The molecule has 9 nitrogen and oxygen atoms in total. The summed E-state index contributed by atoms with van der Waals surface area (Å²) in [7, 11) is 1.54. The van der Waals surface area contributed by atoms with Gasteiger partial charge in [0.1, 0.15) is 51.7 Å². The summed E-state index contributed by atoms with van der Waals surface area (Å²) in [6, 6.07) is 5.47. The predicted octanol–water partition coefficient (Wildman–Crippen LogP) is 3.37. The average Bonchev–Trinajstić information content (AvgIpc) is 3.50. The molecule has 1 N–H and O–H groups in total. The molecule has 1 aromatic carbocycles. The fraction of sp³-hybridized carbons (Fsp3) is 0.391. The van der Waals surface area contributed by atoms with Crippen LogP contribution in [0.5, 0.6) is 0 Å². The lowest BCUT2D eigenvalue weighted by atomic mass is 9.94. The number of aliphatic hydroxyl groups excluding tert-OH is 1. The van der Waals surface area contributed by atoms with Gasteiger partial charge >= 0.3 is 0 Å². The second kappa shape index (κ2) is 10.0. The normalized spacial score (nSPS) is 27.6. The number of pyridine rings is 1. The third-order valence-electron chi connectivity index (χ3n) is 6.05. The zero-order valence-electron chi connectivity index (χ0n) is 18.8. The minimum Gasteiger partial charge on any atom is -0.388 e. The lowest BCUT2D eigenvalue weighted by Gasteiger charge is -2.45. The number of thioether (sulfide) groups is 1. The Balaban J connectivity index is 1.50. The van der Waals surface area contributed by atoms with Crippen molar-refractivity contribution in [3.05, 3.63) is 59.0 Å². The third-order valence-corrected chi connectivity index (χ3v) is 7.63. The molecule has 2 fully saturated rings. The zero-order valence-corrected chi connectivity index (χ0v) is 20.4. The topological polar surface area (TPSA) is 115 Å². The van der Waals surface area contributed by atoms with E-state index in [-0.39, 0.29) is 24.5 Å². The van der Waals surface area contributed by atoms with Crippen LogP contribution in [0.15, 0.2) is 41.7 Å². The van der Waals surface area contributed by atoms with Crippen LogP contribution in [-0.2, 0) is 14.2 Å². The van der Waals surface area contributed by atoms with Crippen molar-refractivity contribution in [2.45, 2.75) is 40.6 Å². The molecule has 5 rings (SSSR count). The Labute approximate surface area is 213 Å². The summed E-state index contributed by atoms with van der Waals surface area (Å²) in [5.41, 5.74) is 0.806. The number of fused-ring (bicyclic) bond motifs is 1. The SMILES string of the molecule is COCC1(Sc2cncc(C#N)c2)CC(n2cc(-c3cc(F)c(Cl)c(F)c3)nn2)[C@H]2OCC(O)C2O1. The highest BCUT2D eigenvalue weighted by Crippen LogP contribution is 2.49. The van der Waals surface area contributed by atoms with Crippen molar-refractivity contribution >= 4 is 23.4 Å². The highest BCUT2D eigenvalue weighted by molar-refractivity contribution is 8.00. The molecule has 0 aliphatic carbocycles. The van der Waals surface area contributed by atoms with Crippen molar-refractivity contribution in [3.8, 4) is 17.3 Å². The summed E-state index contributed by atoms with van der Waals surface area (Å²) in [6.45, 7) is 0.218. The number of methoxy groups -OCH3 is 1. The maximum Gasteiger partial charge on any atom is 0.145 e. The Morgan fingerprint density at radius 2 is 2.08 bits per heavy atom. The van der Waals surface area contributed by atoms with Crippen molar-refractivity contribution in [1.82, 2.24) is 20.0 Å². The minimum absolute atomic E-state index is 0.0696. The minimum atomic E-state index is -0.990. The van der Waals surface area contributed by atoms with Gasteiger partial charge in [0, 0.05) is 36.4 Å². The van der Waals surface area contributed by atoms with Crippen LogP contribution in [0.25, 0.3) is 11.3 Å². The number of hydrogen-bond acceptors (Lipinski definition) is 9. The van der Waals surface area contributed by atoms with E-state index in [0.29, 0.717) is 16.9 Å². The van der Waals surface area contributed by atoms with Crippen LogP contribution in [0, 0.1) is 23.0 Å². The van der Waals surface area contributed by atoms with Gasteiger partial charge in [-0.25, -0.2) is 13.5 Å². The summed E-state index contributed by atoms with van der Waals surface area (Å²) in [5.74, 6) is -1.81. The Kier molecular flexibility index (Phi) is 6.95. The molecule has 4 unspecified atom stereocenters. The molecule has 4 heterocycles. The van der Waals surface area contributed by atoms with Gasteiger partial charge in [-0.15, -0.1) is 5.10 Å². The number of nitriles is 1. The van der Waals surface area contributed by atoms with Crippen molar-refractivity contribution in [2.75, 3.05) is 20.3 Å². The van der Waals surface area contributed by atoms with Crippen LogP contribution < -0.4 is 0 Å².